The minimum atomic E-state index is 0.390. The smallest absolute Gasteiger partial charge is 0.138 e. The Morgan fingerprint density at radius 2 is 1.88 bits per heavy atom. The first-order valence-corrected chi connectivity index (χ1v) is 6.26. The molecule has 2 nitrogen and oxygen atoms in total. The van der Waals surface area contributed by atoms with E-state index >= 15 is 0 Å². The Balaban J connectivity index is 1.96. The van der Waals surface area contributed by atoms with Gasteiger partial charge in [-0.05, 0) is 30.9 Å². The Bertz CT molecular complexity index is 331. The third-order valence-electron chi connectivity index (χ3n) is 3.55. The highest BCUT2D eigenvalue weighted by Gasteiger charge is 2.16. The lowest BCUT2D eigenvalue weighted by Gasteiger charge is -2.28. The topological polar surface area (TPSA) is 23.5 Å². The number of aromatic hydroxyl groups is 1. The molecule has 0 amide bonds. The Morgan fingerprint density at radius 1 is 1.19 bits per heavy atom. The third-order valence-corrected chi connectivity index (χ3v) is 3.55. The molecular formula is C14H21NO. The Morgan fingerprint density at radius 3 is 2.56 bits per heavy atom. The average molecular weight is 219 g/mol. The van der Waals surface area contributed by atoms with Gasteiger partial charge in [-0.1, -0.05) is 31.4 Å². The number of nitrogens with zero attached hydrogens (tertiary/aromatic N) is 1. The summed E-state index contributed by atoms with van der Waals surface area (Å²) < 4.78 is 0. The van der Waals surface area contributed by atoms with Crippen molar-refractivity contribution in [2.75, 3.05) is 18.5 Å². The zero-order valence-electron chi connectivity index (χ0n) is 10.0. The molecule has 0 aromatic heterocycles. The highest BCUT2D eigenvalue weighted by atomic mass is 16.3. The van der Waals surface area contributed by atoms with Crippen molar-refractivity contribution in [2.45, 2.75) is 32.1 Å². The summed E-state index contributed by atoms with van der Waals surface area (Å²) in [6.07, 6.45) is 6.84. The molecule has 1 N–H and O–H groups in total. The number of rotatable bonds is 3. The van der Waals surface area contributed by atoms with Gasteiger partial charge in [0.05, 0.1) is 5.69 Å². The summed E-state index contributed by atoms with van der Waals surface area (Å²) in [7, 11) is 2.07. The van der Waals surface area contributed by atoms with Gasteiger partial charge in [-0.15, -0.1) is 0 Å². The molecule has 1 aliphatic rings. The van der Waals surface area contributed by atoms with Crippen LogP contribution in [0.1, 0.15) is 32.1 Å². The fourth-order valence-electron chi connectivity index (χ4n) is 2.64. The summed E-state index contributed by atoms with van der Waals surface area (Å²) in [5.41, 5.74) is 0.952. The van der Waals surface area contributed by atoms with Crippen molar-refractivity contribution < 1.29 is 5.11 Å². The highest BCUT2D eigenvalue weighted by Crippen LogP contribution is 2.29. The second-order valence-corrected chi connectivity index (χ2v) is 4.87. The third kappa shape index (κ3) is 2.69. The number of hydrogen-bond donors (Lipinski definition) is 1. The maximum atomic E-state index is 9.77. The van der Waals surface area contributed by atoms with E-state index in [-0.39, 0.29) is 0 Å². The Labute approximate surface area is 97.9 Å². The molecule has 0 saturated heterocycles. The monoisotopic (exact) mass is 219 g/mol. The lowest BCUT2D eigenvalue weighted by molar-refractivity contribution is 0.361. The maximum absolute atomic E-state index is 9.77. The molecule has 2 rings (SSSR count). The predicted molar refractivity (Wildman–Crippen MR) is 68.0 cm³/mol. The summed E-state index contributed by atoms with van der Waals surface area (Å²) in [4.78, 5) is 2.19. The fourth-order valence-corrected chi connectivity index (χ4v) is 2.64. The van der Waals surface area contributed by atoms with E-state index in [1.54, 1.807) is 6.07 Å². The van der Waals surface area contributed by atoms with Gasteiger partial charge in [-0.3, -0.25) is 0 Å². The van der Waals surface area contributed by atoms with Gasteiger partial charge in [0.25, 0.3) is 0 Å². The molecule has 0 radical (unpaired) electrons. The molecule has 0 heterocycles. The highest BCUT2D eigenvalue weighted by molar-refractivity contribution is 5.56. The second kappa shape index (κ2) is 5.24. The van der Waals surface area contributed by atoms with E-state index < -0.39 is 0 Å². The molecular weight excluding hydrogens is 198 g/mol. The molecule has 16 heavy (non-hydrogen) atoms. The number of para-hydroxylation sites is 2. The lowest BCUT2D eigenvalue weighted by atomic mass is 9.89. The minimum absolute atomic E-state index is 0.390. The first-order valence-electron chi connectivity index (χ1n) is 6.26. The first-order chi connectivity index (χ1) is 7.77. The normalized spacial score (nSPS) is 17.3. The van der Waals surface area contributed by atoms with Gasteiger partial charge < -0.3 is 10.0 Å². The molecule has 0 unspecified atom stereocenters. The van der Waals surface area contributed by atoms with Crippen LogP contribution in [0.15, 0.2) is 24.3 Å². The van der Waals surface area contributed by atoms with Gasteiger partial charge in [0, 0.05) is 13.6 Å². The van der Waals surface area contributed by atoms with E-state index in [1.165, 1.54) is 32.1 Å². The number of anilines is 1. The zero-order chi connectivity index (χ0) is 11.4. The molecule has 1 aromatic carbocycles. The first kappa shape index (κ1) is 11.3. The Hall–Kier alpha value is -1.18. The molecule has 1 aliphatic carbocycles. The van der Waals surface area contributed by atoms with Crippen LogP contribution in [0.3, 0.4) is 0 Å². The molecule has 0 spiro atoms. The summed E-state index contributed by atoms with van der Waals surface area (Å²) in [5.74, 6) is 1.19. The molecule has 1 fully saturated rings. The van der Waals surface area contributed by atoms with E-state index in [4.69, 9.17) is 0 Å². The second-order valence-electron chi connectivity index (χ2n) is 4.87. The van der Waals surface area contributed by atoms with Crippen LogP contribution in [0, 0.1) is 5.92 Å². The van der Waals surface area contributed by atoms with Crippen LogP contribution in [-0.2, 0) is 0 Å². The molecule has 0 aliphatic heterocycles. The van der Waals surface area contributed by atoms with Gasteiger partial charge in [0.15, 0.2) is 0 Å². The van der Waals surface area contributed by atoms with Crippen molar-refractivity contribution in [3.63, 3.8) is 0 Å². The van der Waals surface area contributed by atoms with Gasteiger partial charge in [-0.25, -0.2) is 0 Å². The van der Waals surface area contributed by atoms with Crippen LogP contribution in [-0.4, -0.2) is 18.7 Å². The summed E-state index contributed by atoms with van der Waals surface area (Å²) in [5, 5.41) is 9.77. The van der Waals surface area contributed by atoms with Crippen molar-refractivity contribution in [1.82, 2.24) is 0 Å². The summed E-state index contributed by atoms with van der Waals surface area (Å²) >= 11 is 0. The van der Waals surface area contributed by atoms with E-state index in [2.05, 4.69) is 11.9 Å². The SMILES string of the molecule is CN(CC1CCCCC1)c1ccccc1O. The molecule has 2 heteroatoms. The van der Waals surface area contributed by atoms with Gasteiger partial charge in [0.1, 0.15) is 5.75 Å². The number of benzene rings is 1. The van der Waals surface area contributed by atoms with Crippen LogP contribution in [0.5, 0.6) is 5.75 Å². The van der Waals surface area contributed by atoms with Crippen LogP contribution in [0.4, 0.5) is 5.69 Å². The van der Waals surface area contributed by atoms with Gasteiger partial charge in [0.2, 0.25) is 0 Å². The summed E-state index contributed by atoms with van der Waals surface area (Å²) in [6, 6.07) is 7.59. The molecule has 0 atom stereocenters. The average Bonchev–Trinajstić information content (AvgIpc) is 2.31. The van der Waals surface area contributed by atoms with Crippen LogP contribution in [0.2, 0.25) is 0 Å². The van der Waals surface area contributed by atoms with E-state index in [0.29, 0.717) is 5.75 Å². The van der Waals surface area contributed by atoms with Crippen molar-refractivity contribution in [2.24, 2.45) is 5.92 Å². The quantitative estimate of drug-likeness (QED) is 0.842. The van der Waals surface area contributed by atoms with Crippen LogP contribution < -0.4 is 4.90 Å². The largest absolute Gasteiger partial charge is 0.506 e. The maximum Gasteiger partial charge on any atom is 0.138 e. The molecule has 0 bridgehead atoms. The van der Waals surface area contributed by atoms with Crippen molar-refractivity contribution in [3.05, 3.63) is 24.3 Å². The van der Waals surface area contributed by atoms with Crippen molar-refractivity contribution in [3.8, 4) is 5.75 Å². The van der Waals surface area contributed by atoms with Crippen molar-refractivity contribution >= 4 is 5.69 Å². The number of phenols is 1. The predicted octanol–water partition coefficient (Wildman–Crippen LogP) is 3.41. The lowest BCUT2D eigenvalue weighted by Crippen LogP contribution is -2.26. The standard InChI is InChI=1S/C14H21NO/c1-15(11-12-7-3-2-4-8-12)13-9-5-6-10-14(13)16/h5-6,9-10,12,16H,2-4,7-8,11H2,1H3. The van der Waals surface area contributed by atoms with Crippen molar-refractivity contribution in [1.29, 1.82) is 0 Å². The summed E-state index contributed by atoms with van der Waals surface area (Å²) in [6.45, 7) is 1.07. The fraction of sp³-hybridized carbons (Fsp3) is 0.571. The van der Waals surface area contributed by atoms with Gasteiger partial charge >= 0.3 is 0 Å². The molecule has 1 aromatic rings. The van der Waals surface area contributed by atoms with Crippen LogP contribution >= 0.6 is 0 Å². The molecule has 1 saturated carbocycles. The minimum Gasteiger partial charge on any atom is -0.506 e. The van der Waals surface area contributed by atoms with Crippen LogP contribution in [0.25, 0.3) is 0 Å². The number of hydrogen-bond acceptors (Lipinski definition) is 2. The number of phenolic OH excluding ortho intramolecular Hbond substituents is 1. The van der Waals surface area contributed by atoms with Gasteiger partial charge in [-0.2, -0.15) is 0 Å². The zero-order valence-corrected chi connectivity index (χ0v) is 10.0. The Kier molecular flexibility index (Phi) is 3.70. The van der Waals surface area contributed by atoms with E-state index in [9.17, 15) is 5.11 Å². The molecule has 88 valence electrons. The van der Waals surface area contributed by atoms with E-state index in [1.807, 2.05) is 18.2 Å². The van der Waals surface area contributed by atoms with E-state index in [0.717, 1.165) is 18.2 Å².